The van der Waals surface area contributed by atoms with Crippen molar-refractivity contribution in [2.24, 2.45) is 0 Å². The van der Waals surface area contributed by atoms with Gasteiger partial charge in [-0.1, -0.05) is 12.8 Å². The summed E-state index contributed by atoms with van der Waals surface area (Å²) < 4.78 is 11.1. The highest BCUT2D eigenvalue weighted by atomic mass is 16.7. The first-order valence-corrected chi connectivity index (χ1v) is 9.21. The van der Waals surface area contributed by atoms with E-state index >= 15 is 0 Å². The van der Waals surface area contributed by atoms with Gasteiger partial charge in [0.25, 0.3) is 0 Å². The predicted octanol–water partition coefficient (Wildman–Crippen LogP) is 0.900. The molecular weight excluding hydrogens is 328 g/mol. The summed E-state index contributed by atoms with van der Waals surface area (Å²) >= 11 is 0. The molecule has 0 spiro atoms. The summed E-state index contributed by atoms with van der Waals surface area (Å²) in [5.74, 6) is -0.0209. The van der Waals surface area contributed by atoms with E-state index in [2.05, 4.69) is 0 Å². The van der Waals surface area contributed by atoms with Crippen molar-refractivity contribution in [3.63, 3.8) is 0 Å². The smallest absolute Gasteiger partial charge is 0.184 e. The van der Waals surface area contributed by atoms with Crippen LogP contribution in [0.1, 0.15) is 65.7 Å². The monoisotopic (exact) mass is 362 g/mol. The number of hydrogen-bond acceptors (Lipinski definition) is 7. The Morgan fingerprint density at radius 2 is 1.76 bits per heavy atom. The third kappa shape index (κ3) is 9.08. The molecule has 7 nitrogen and oxygen atoms in total. The molecular formula is C18H34O7. The molecule has 0 aliphatic carbocycles. The lowest BCUT2D eigenvalue weighted by Crippen LogP contribution is -2.48. The molecule has 1 fully saturated rings. The summed E-state index contributed by atoms with van der Waals surface area (Å²) in [6, 6.07) is 0. The molecule has 0 aromatic rings. The van der Waals surface area contributed by atoms with Gasteiger partial charge in [-0.15, -0.1) is 0 Å². The largest absolute Gasteiger partial charge is 0.393 e. The predicted molar refractivity (Wildman–Crippen MR) is 91.9 cm³/mol. The molecule has 1 heterocycles. The van der Waals surface area contributed by atoms with E-state index in [0.717, 1.165) is 12.8 Å². The van der Waals surface area contributed by atoms with Crippen LogP contribution < -0.4 is 0 Å². The van der Waals surface area contributed by atoms with Crippen molar-refractivity contribution in [1.82, 2.24) is 0 Å². The summed E-state index contributed by atoms with van der Waals surface area (Å²) in [5.41, 5.74) is 0. The second kappa shape index (κ2) is 11.2. The van der Waals surface area contributed by atoms with E-state index in [9.17, 15) is 25.2 Å². The highest BCUT2D eigenvalue weighted by Crippen LogP contribution is 2.23. The van der Waals surface area contributed by atoms with Crippen molar-refractivity contribution >= 4 is 5.78 Å². The average molecular weight is 362 g/mol. The van der Waals surface area contributed by atoms with Crippen LogP contribution >= 0.6 is 0 Å². The van der Waals surface area contributed by atoms with Gasteiger partial charge in [0.15, 0.2) is 6.29 Å². The maximum absolute atomic E-state index is 10.9. The molecule has 1 aliphatic rings. The zero-order chi connectivity index (χ0) is 19.0. The number of carbonyl (C=O) groups excluding carboxylic acids is 1. The Balaban J connectivity index is 2.19. The SMILES string of the molecule is CC(=O)CC(O)CCCCC(O)C[C@@H](C)O[C@@H]1OC(C)[C@H](O)CC1O. The standard InChI is InChI=1S/C18H34O7/c1-11(19)8-14(20)6-4-5-7-15(21)9-12(2)24-18-17(23)10-16(22)13(3)25-18/h12-18,20-23H,4-10H2,1-3H3/t12-,13?,14?,15?,16-,17?,18-/m1/s1. The molecule has 1 aliphatic heterocycles. The average Bonchev–Trinajstić information content (AvgIpc) is 2.48. The molecule has 0 aromatic carbocycles. The number of Topliss-reactive ketones (excluding diaryl/α,β-unsaturated/α-hetero) is 1. The number of ketones is 1. The molecule has 4 N–H and O–H groups in total. The number of carbonyl (C=O) groups is 1. The van der Waals surface area contributed by atoms with E-state index in [4.69, 9.17) is 9.47 Å². The highest BCUT2D eigenvalue weighted by molar-refractivity contribution is 5.75. The Bertz CT molecular complexity index is 390. The highest BCUT2D eigenvalue weighted by Gasteiger charge is 2.35. The first-order valence-electron chi connectivity index (χ1n) is 9.21. The summed E-state index contributed by atoms with van der Waals surface area (Å²) in [5, 5.41) is 39.2. The van der Waals surface area contributed by atoms with Crippen LogP contribution in [0.3, 0.4) is 0 Å². The van der Waals surface area contributed by atoms with E-state index < -0.39 is 36.8 Å². The van der Waals surface area contributed by atoms with E-state index in [-0.39, 0.29) is 24.7 Å². The zero-order valence-corrected chi connectivity index (χ0v) is 15.5. The second-order valence-electron chi connectivity index (χ2n) is 7.26. The fraction of sp³-hybridized carbons (Fsp3) is 0.944. The van der Waals surface area contributed by atoms with Crippen molar-refractivity contribution in [3.8, 4) is 0 Å². The Morgan fingerprint density at radius 3 is 2.36 bits per heavy atom. The van der Waals surface area contributed by atoms with Crippen LogP contribution in [0.4, 0.5) is 0 Å². The van der Waals surface area contributed by atoms with Gasteiger partial charge in [-0.2, -0.15) is 0 Å². The molecule has 7 heteroatoms. The lowest BCUT2D eigenvalue weighted by molar-refractivity contribution is -0.275. The van der Waals surface area contributed by atoms with Gasteiger partial charge in [0, 0.05) is 12.8 Å². The van der Waals surface area contributed by atoms with Gasteiger partial charge in [0.1, 0.15) is 11.9 Å². The maximum atomic E-state index is 10.9. The van der Waals surface area contributed by atoms with E-state index in [1.165, 1.54) is 6.92 Å². The fourth-order valence-electron chi connectivity index (χ4n) is 3.05. The third-order valence-corrected chi connectivity index (χ3v) is 4.51. The molecule has 1 saturated heterocycles. The molecule has 7 atom stereocenters. The van der Waals surface area contributed by atoms with Crippen LogP contribution in [0.15, 0.2) is 0 Å². The van der Waals surface area contributed by atoms with E-state index in [1.54, 1.807) is 6.92 Å². The van der Waals surface area contributed by atoms with Gasteiger partial charge in [-0.05, 0) is 40.0 Å². The van der Waals surface area contributed by atoms with Crippen LogP contribution in [0, 0.1) is 0 Å². The summed E-state index contributed by atoms with van der Waals surface area (Å²) in [6.07, 6.45) is -0.729. The number of ether oxygens (including phenoxy) is 2. The van der Waals surface area contributed by atoms with Crippen molar-refractivity contribution in [1.29, 1.82) is 0 Å². The molecule has 148 valence electrons. The van der Waals surface area contributed by atoms with E-state index in [1.807, 2.05) is 6.92 Å². The van der Waals surface area contributed by atoms with Gasteiger partial charge in [-0.25, -0.2) is 0 Å². The third-order valence-electron chi connectivity index (χ3n) is 4.51. The molecule has 0 radical (unpaired) electrons. The van der Waals surface area contributed by atoms with Crippen LogP contribution in [-0.2, 0) is 14.3 Å². The molecule has 0 saturated carbocycles. The van der Waals surface area contributed by atoms with Gasteiger partial charge in [0.2, 0.25) is 0 Å². The Morgan fingerprint density at radius 1 is 1.16 bits per heavy atom. The topological polar surface area (TPSA) is 116 Å². The summed E-state index contributed by atoms with van der Waals surface area (Å²) in [4.78, 5) is 10.9. The first-order chi connectivity index (χ1) is 11.7. The minimum absolute atomic E-state index is 0.0209. The Labute approximate surface area is 150 Å². The molecule has 0 amide bonds. The normalized spacial score (nSPS) is 30.7. The first kappa shape index (κ1) is 22.5. The van der Waals surface area contributed by atoms with Gasteiger partial charge in [-0.3, -0.25) is 4.79 Å². The number of rotatable bonds is 11. The summed E-state index contributed by atoms with van der Waals surface area (Å²) in [6.45, 7) is 5.00. The zero-order valence-electron chi connectivity index (χ0n) is 15.5. The lowest BCUT2D eigenvalue weighted by atomic mass is 10.0. The van der Waals surface area contributed by atoms with Gasteiger partial charge in [0.05, 0.1) is 30.5 Å². The van der Waals surface area contributed by atoms with Crippen molar-refractivity contribution in [2.45, 2.75) is 109 Å². The molecule has 4 unspecified atom stereocenters. The van der Waals surface area contributed by atoms with Crippen LogP contribution in [0.2, 0.25) is 0 Å². The Hall–Kier alpha value is -0.570. The van der Waals surface area contributed by atoms with Gasteiger partial charge >= 0.3 is 0 Å². The van der Waals surface area contributed by atoms with Gasteiger partial charge < -0.3 is 29.9 Å². The minimum Gasteiger partial charge on any atom is -0.393 e. The number of unbranched alkanes of at least 4 members (excludes halogenated alkanes) is 1. The number of aliphatic hydroxyl groups excluding tert-OH is 4. The van der Waals surface area contributed by atoms with Crippen molar-refractivity contribution in [3.05, 3.63) is 0 Å². The number of aliphatic hydroxyl groups is 4. The Kier molecular flexibility index (Phi) is 10.1. The second-order valence-corrected chi connectivity index (χ2v) is 7.26. The van der Waals surface area contributed by atoms with Crippen LogP contribution in [-0.4, -0.2) is 69.1 Å². The molecule has 25 heavy (non-hydrogen) atoms. The van der Waals surface area contributed by atoms with Crippen LogP contribution in [0.25, 0.3) is 0 Å². The maximum Gasteiger partial charge on any atom is 0.184 e. The molecule has 0 bridgehead atoms. The summed E-state index contributed by atoms with van der Waals surface area (Å²) in [7, 11) is 0. The van der Waals surface area contributed by atoms with Crippen LogP contribution in [0.5, 0.6) is 0 Å². The molecule has 0 aromatic heterocycles. The number of hydrogen-bond donors (Lipinski definition) is 4. The molecule has 1 rings (SSSR count). The quantitative estimate of drug-likeness (QED) is 0.404. The van der Waals surface area contributed by atoms with E-state index in [0.29, 0.717) is 19.3 Å². The lowest BCUT2D eigenvalue weighted by Gasteiger charge is -2.36. The fourth-order valence-corrected chi connectivity index (χ4v) is 3.05. The van der Waals surface area contributed by atoms with Crippen molar-refractivity contribution in [2.75, 3.05) is 0 Å². The minimum atomic E-state index is -0.881. The van der Waals surface area contributed by atoms with Crippen molar-refractivity contribution < 1.29 is 34.7 Å².